The minimum atomic E-state index is -0.557. The normalized spacial score (nSPS) is 12.2. The maximum Gasteiger partial charge on any atom is 0.407 e. The summed E-state index contributed by atoms with van der Waals surface area (Å²) in [5, 5.41) is 5.73. The number of ether oxygens (including phenoxy) is 1. The number of carbonyl (C=O) groups is 2. The lowest BCUT2D eigenvalue weighted by molar-refractivity contribution is -0.118. The van der Waals surface area contributed by atoms with Crippen molar-refractivity contribution < 1.29 is 18.7 Å². The van der Waals surface area contributed by atoms with Gasteiger partial charge in [0.25, 0.3) is 0 Å². The quantitative estimate of drug-likeness (QED) is 0.733. The minimum absolute atomic E-state index is 0.233. The van der Waals surface area contributed by atoms with Crippen LogP contribution in [0, 0.1) is 6.92 Å². The van der Waals surface area contributed by atoms with Gasteiger partial charge in [0.2, 0.25) is 5.91 Å². The maximum atomic E-state index is 12.2. The first-order valence-corrected chi connectivity index (χ1v) is 8.62. The van der Waals surface area contributed by atoms with Crippen molar-refractivity contribution in [1.82, 2.24) is 10.6 Å². The van der Waals surface area contributed by atoms with Crippen LogP contribution < -0.4 is 10.6 Å². The van der Waals surface area contributed by atoms with Crippen molar-refractivity contribution in [3.05, 3.63) is 29.7 Å². The van der Waals surface area contributed by atoms with E-state index >= 15 is 0 Å². The Morgan fingerprint density at radius 2 is 1.84 bits per heavy atom. The molecule has 0 aliphatic rings. The van der Waals surface area contributed by atoms with Crippen LogP contribution in [0.25, 0.3) is 6.08 Å². The second kappa shape index (κ2) is 8.74. The molecule has 0 fully saturated rings. The summed E-state index contributed by atoms with van der Waals surface area (Å²) in [5.41, 5.74) is -1.09. The van der Waals surface area contributed by atoms with Crippen LogP contribution in [0.3, 0.4) is 0 Å². The van der Waals surface area contributed by atoms with E-state index in [4.69, 9.17) is 9.15 Å². The minimum Gasteiger partial charge on any atom is -0.462 e. The van der Waals surface area contributed by atoms with Crippen molar-refractivity contribution >= 4 is 18.1 Å². The number of rotatable bonds is 7. The second-order valence-electron chi connectivity index (χ2n) is 7.11. The molecular weight excluding hydrogens is 320 g/mol. The molecule has 6 nitrogen and oxygen atoms in total. The molecule has 0 unspecified atom stereocenters. The molecule has 0 aliphatic carbocycles. The molecular formula is C19H30N2O4. The molecule has 0 atom stereocenters. The van der Waals surface area contributed by atoms with Gasteiger partial charge >= 0.3 is 6.09 Å². The molecule has 0 saturated heterocycles. The Labute approximate surface area is 150 Å². The Hall–Kier alpha value is -2.24. The summed E-state index contributed by atoms with van der Waals surface area (Å²) < 4.78 is 10.6. The van der Waals surface area contributed by atoms with Crippen LogP contribution in [0.4, 0.5) is 4.79 Å². The van der Waals surface area contributed by atoms with Gasteiger partial charge in [-0.2, -0.15) is 0 Å². The predicted octanol–water partition coefficient (Wildman–Crippen LogP) is 3.80. The SMILES string of the molecule is CCC(CC)(CNC(=O)OC(C)(C)C)NC(=O)/C=C/c1ccc(C)o1. The van der Waals surface area contributed by atoms with Gasteiger partial charge in [-0.1, -0.05) is 13.8 Å². The van der Waals surface area contributed by atoms with Crippen molar-refractivity contribution in [3.8, 4) is 0 Å². The molecule has 25 heavy (non-hydrogen) atoms. The van der Waals surface area contributed by atoms with Crippen LogP contribution in [0.2, 0.25) is 0 Å². The maximum absolute atomic E-state index is 12.2. The Bertz CT molecular complexity index is 607. The molecule has 1 rings (SSSR count). The van der Waals surface area contributed by atoms with Gasteiger partial charge in [-0.05, 0) is 58.7 Å². The van der Waals surface area contributed by atoms with E-state index in [0.717, 1.165) is 5.76 Å². The summed E-state index contributed by atoms with van der Waals surface area (Å²) in [6.45, 7) is 11.5. The van der Waals surface area contributed by atoms with E-state index < -0.39 is 17.2 Å². The van der Waals surface area contributed by atoms with E-state index in [1.165, 1.54) is 6.08 Å². The van der Waals surface area contributed by atoms with Gasteiger partial charge in [0.1, 0.15) is 17.1 Å². The summed E-state index contributed by atoms with van der Waals surface area (Å²) >= 11 is 0. The predicted molar refractivity (Wildman–Crippen MR) is 98.2 cm³/mol. The molecule has 0 spiro atoms. The van der Waals surface area contributed by atoms with Gasteiger partial charge in [-0.25, -0.2) is 4.79 Å². The van der Waals surface area contributed by atoms with E-state index in [1.807, 2.05) is 47.6 Å². The van der Waals surface area contributed by atoms with Gasteiger partial charge in [0, 0.05) is 12.6 Å². The Morgan fingerprint density at radius 3 is 2.32 bits per heavy atom. The monoisotopic (exact) mass is 350 g/mol. The highest BCUT2D eigenvalue weighted by Gasteiger charge is 2.29. The highest BCUT2D eigenvalue weighted by molar-refractivity contribution is 5.92. The number of nitrogens with one attached hydrogen (secondary N) is 2. The van der Waals surface area contributed by atoms with E-state index in [2.05, 4.69) is 10.6 Å². The zero-order chi connectivity index (χ0) is 19.1. The van der Waals surface area contributed by atoms with Crippen LogP contribution in [0.1, 0.15) is 59.0 Å². The fraction of sp³-hybridized carbons (Fsp3) is 0.579. The van der Waals surface area contributed by atoms with Crippen molar-refractivity contribution in [1.29, 1.82) is 0 Å². The fourth-order valence-corrected chi connectivity index (χ4v) is 2.28. The number of hydrogen-bond acceptors (Lipinski definition) is 4. The number of hydrogen-bond donors (Lipinski definition) is 2. The van der Waals surface area contributed by atoms with Gasteiger partial charge in [0.05, 0.1) is 5.54 Å². The Kier molecular flexibility index (Phi) is 7.27. The summed E-state index contributed by atoms with van der Waals surface area (Å²) in [4.78, 5) is 24.1. The molecule has 1 heterocycles. The Morgan fingerprint density at radius 1 is 1.20 bits per heavy atom. The average molecular weight is 350 g/mol. The van der Waals surface area contributed by atoms with E-state index in [9.17, 15) is 9.59 Å². The zero-order valence-electron chi connectivity index (χ0n) is 16.1. The first-order chi connectivity index (χ1) is 11.6. The number of furan rings is 1. The highest BCUT2D eigenvalue weighted by atomic mass is 16.6. The van der Waals surface area contributed by atoms with E-state index in [1.54, 1.807) is 12.1 Å². The smallest absolute Gasteiger partial charge is 0.407 e. The van der Waals surface area contributed by atoms with Gasteiger partial charge < -0.3 is 19.8 Å². The van der Waals surface area contributed by atoms with Crippen LogP contribution in [-0.4, -0.2) is 29.7 Å². The van der Waals surface area contributed by atoms with Crippen LogP contribution in [-0.2, 0) is 9.53 Å². The first kappa shape index (κ1) is 20.8. The summed E-state index contributed by atoms with van der Waals surface area (Å²) in [6.07, 6.45) is 3.93. The van der Waals surface area contributed by atoms with Crippen LogP contribution in [0.15, 0.2) is 22.6 Å². The first-order valence-electron chi connectivity index (χ1n) is 8.62. The highest BCUT2D eigenvalue weighted by Crippen LogP contribution is 2.15. The molecule has 2 amide bonds. The van der Waals surface area contributed by atoms with E-state index in [-0.39, 0.29) is 5.91 Å². The van der Waals surface area contributed by atoms with Crippen molar-refractivity contribution in [2.24, 2.45) is 0 Å². The van der Waals surface area contributed by atoms with Gasteiger partial charge in [-0.15, -0.1) is 0 Å². The molecule has 0 aliphatic heterocycles. The third-order valence-corrected chi connectivity index (χ3v) is 3.87. The fourth-order valence-electron chi connectivity index (χ4n) is 2.28. The molecule has 2 N–H and O–H groups in total. The Balaban J connectivity index is 2.65. The molecule has 0 aromatic carbocycles. The molecule has 6 heteroatoms. The zero-order valence-corrected chi connectivity index (χ0v) is 16.1. The van der Waals surface area contributed by atoms with Gasteiger partial charge in [0.15, 0.2) is 0 Å². The lowest BCUT2D eigenvalue weighted by Gasteiger charge is -2.33. The van der Waals surface area contributed by atoms with Crippen molar-refractivity contribution in [2.75, 3.05) is 6.54 Å². The summed E-state index contributed by atoms with van der Waals surface area (Å²) in [5.74, 6) is 1.18. The van der Waals surface area contributed by atoms with Gasteiger partial charge in [-0.3, -0.25) is 4.79 Å². The van der Waals surface area contributed by atoms with Crippen molar-refractivity contribution in [2.45, 2.75) is 65.5 Å². The lowest BCUT2D eigenvalue weighted by Crippen LogP contribution is -2.55. The lowest BCUT2D eigenvalue weighted by atomic mass is 9.92. The third kappa shape index (κ3) is 7.45. The largest absolute Gasteiger partial charge is 0.462 e. The third-order valence-electron chi connectivity index (χ3n) is 3.87. The summed E-state index contributed by atoms with van der Waals surface area (Å²) in [6, 6.07) is 3.64. The van der Waals surface area contributed by atoms with E-state index in [0.29, 0.717) is 25.1 Å². The number of amides is 2. The molecule has 1 aromatic rings. The standard InChI is InChI=1S/C19H30N2O4/c1-7-19(8-2,13-20-17(23)25-18(4,5)6)21-16(22)12-11-15-10-9-14(3)24-15/h9-12H,7-8,13H2,1-6H3,(H,20,23)(H,21,22)/b12-11+. The average Bonchev–Trinajstić information content (AvgIpc) is 2.93. The molecule has 0 bridgehead atoms. The van der Waals surface area contributed by atoms with Crippen molar-refractivity contribution in [3.63, 3.8) is 0 Å². The number of alkyl carbamates (subject to hydrolysis) is 1. The molecule has 140 valence electrons. The van der Waals surface area contributed by atoms with Crippen LogP contribution in [0.5, 0.6) is 0 Å². The number of carbonyl (C=O) groups excluding carboxylic acids is 2. The molecule has 1 aromatic heterocycles. The second-order valence-corrected chi connectivity index (χ2v) is 7.11. The molecule has 0 saturated carbocycles. The topological polar surface area (TPSA) is 80.6 Å². The summed E-state index contributed by atoms with van der Waals surface area (Å²) in [7, 11) is 0. The molecule has 0 radical (unpaired) electrons. The van der Waals surface area contributed by atoms with Crippen LogP contribution >= 0.6 is 0 Å². The number of aryl methyl sites for hydroxylation is 1.